The Labute approximate surface area is 184 Å². The number of carbonyl (C=O) groups is 2. The first kappa shape index (κ1) is 24.3. The monoisotopic (exact) mass is 443 g/mol. The van der Waals surface area contributed by atoms with Crippen molar-refractivity contribution in [3.63, 3.8) is 0 Å². The fourth-order valence-electron chi connectivity index (χ4n) is 2.88. The molecular weight excluding hydrogens is 414 g/mol. The molecule has 0 unspecified atom stereocenters. The van der Waals surface area contributed by atoms with E-state index in [1.165, 1.54) is 22.5 Å². The van der Waals surface area contributed by atoms with Gasteiger partial charge in [-0.25, -0.2) is 8.42 Å². The molecule has 0 aliphatic heterocycles. The Kier molecular flexibility index (Phi) is 9.42. The number of sulfonamides is 1. The van der Waals surface area contributed by atoms with E-state index in [1.54, 1.807) is 32.1 Å². The fraction of sp³-hybridized carbons (Fsp3) is 0.304. The number of nitrogens with zero attached hydrogens (tertiary/aromatic N) is 1. The Hall–Kier alpha value is -2.97. The molecular formula is C23H29N3O4S. The third-order valence-electron chi connectivity index (χ3n) is 4.63. The molecule has 2 aromatic rings. The van der Waals surface area contributed by atoms with Crippen LogP contribution in [0.15, 0.2) is 65.6 Å². The van der Waals surface area contributed by atoms with Crippen LogP contribution in [0.3, 0.4) is 0 Å². The van der Waals surface area contributed by atoms with Crippen LogP contribution in [-0.2, 0) is 26.2 Å². The zero-order chi connectivity index (χ0) is 22.7. The van der Waals surface area contributed by atoms with E-state index in [4.69, 9.17) is 0 Å². The third-order valence-corrected chi connectivity index (χ3v) is 6.70. The second-order valence-electron chi connectivity index (χ2n) is 6.80. The maximum atomic E-state index is 12.5. The van der Waals surface area contributed by atoms with Gasteiger partial charge in [-0.3, -0.25) is 9.59 Å². The van der Waals surface area contributed by atoms with E-state index in [2.05, 4.69) is 10.6 Å². The molecule has 0 aliphatic carbocycles. The molecule has 0 radical (unpaired) electrons. The summed E-state index contributed by atoms with van der Waals surface area (Å²) in [5.74, 6) is -0.464. The standard InChI is InChI=1S/C23H29N3O4S/c1-3-26(4-2)31(29,30)21-13-10-19(11-14-21)12-15-22(27)24-17-16-23(28)25-18-20-8-6-5-7-9-20/h5-15H,3-4,16-18H2,1-2H3,(H,24,27)(H,25,28)/b15-12+. The predicted molar refractivity (Wildman–Crippen MR) is 121 cm³/mol. The number of rotatable bonds is 11. The first-order valence-electron chi connectivity index (χ1n) is 10.2. The Morgan fingerprint density at radius 3 is 2.19 bits per heavy atom. The minimum absolute atomic E-state index is 0.141. The molecule has 0 bridgehead atoms. The first-order chi connectivity index (χ1) is 14.9. The van der Waals surface area contributed by atoms with E-state index in [0.717, 1.165) is 5.56 Å². The molecule has 7 nitrogen and oxygen atoms in total. The zero-order valence-corrected chi connectivity index (χ0v) is 18.7. The topological polar surface area (TPSA) is 95.6 Å². The van der Waals surface area contributed by atoms with Crippen LogP contribution in [0, 0.1) is 0 Å². The molecule has 8 heteroatoms. The molecule has 0 heterocycles. The Morgan fingerprint density at radius 2 is 1.58 bits per heavy atom. The lowest BCUT2D eigenvalue weighted by molar-refractivity contribution is -0.121. The molecule has 31 heavy (non-hydrogen) atoms. The van der Waals surface area contributed by atoms with Crippen LogP contribution >= 0.6 is 0 Å². The van der Waals surface area contributed by atoms with Crippen molar-refractivity contribution >= 4 is 27.9 Å². The summed E-state index contributed by atoms with van der Waals surface area (Å²) in [7, 11) is -3.50. The summed E-state index contributed by atoms with van der Waals surface area (Å²) < 4.78 is 26.4. The van der Waals surface area contributed by atoms with Gasteiger partial charge in [-0.2, -0.15) is 4.31 Å². The lowest BCUT2D eigenvalue weighted by atomic mass is 10.2. The van der Waals surface area contributed by atoms with E-state index >= 15 is 0 Å². The molecule has 2 rings (SSSR count). The highest BCUT2D eigenvalue weighted by molar-refractivity contribution is 7.89. The zero-order valence-electron chi connectivity index (χ0n) is 17.9. The second-order valence-corrected chi connectivity index (χ2v) is 8.73. The average molecular weight is 444 g/mol. The summed E-state index contributed by atoms with van der Waals surface area (Å²) in [4.78, 5) is 24.0. The summed E-state index contributed by atoms with van der Waals surface area (Å²) in [5, 5.41) is 5.46. The van der Waals surface area contributed by atoms with Crippen LogP contribution in [0.5, 0.6) is 0 Å². The highest BCUT2D eigenvalue weighted by Crippen LogP contribution is 2.16. The summed E-state index contributed by atoms with van der Waals surface area (Å²) in [6.07, 6.45) is 3.14. The average Bonchev–Trinajstić information content (AvgIpc) is 2.78. The minimum Gasteiger partial charge on any atom is -0.352 e. The largest absolute Gasteiger partial charge is 0.352 e. The van der Waals surface area contributed by atoms with E-state index in [9.17, 15) is 18.0 Å². The van der Waals surface area contributed by atoms with Crippen LogP contribution in [0.25, 0.3) is 6.08 Å². The lowest BCUT2D eigenvalue weighted by Gasteiger charge is -2.18. The van der Waals surface area contributed by atoms with Crippen molar-refractivity contribution in [1.29, 1.82) is 0 Å². The smallest absolute Gasteiger partial charge is 0.244 e. The molecule has 2 N–H and O–H groups in total. The van der Waals surface area contributed by atoms with Gasteiger partial charge >= 0.3 is 0 Å². The van der Waals surface area contributed by atoms with Crippen LogP contribution < -0.4 is 10.6 Å². The summed E-state index contributed by atoms with van der Waals surface area (Å²) in [6.45, 7) is 5.08. The van der Waals surface area contributed by atoms with Crippen molar-refractivity contribution in [2.24, 2.45) is 0 Å². The van der Waals surface area contributed by atoms with Crippen LogP contribution in [0.4, 0.5) is 0 Å². The summed E-state index contributed by atoms with van der Waals surface area (Å²) in [6, 6.07) is 15.9. The van der Waals surface area contributed by atoms with Gasteiger partial charge in [0.2, 0.25) is 21.8 Å². The van der Waals surface area contributed by atoms with Gasteiger partial charge in [-0.1, -0.05) is 56.3 Å². The van der Waals surface area contributed by atoms with Gasteiger partial charge in [0, 0.05) is 38.7 Å². The van der Waals surface area contributed by atoms with Gasteiger partial charge in [-0.15, -0.1) is 0 Å². The molecule has 0 spiro atoms. The highest BCUT2D eigenvalue weighted by Gasteiger charge is 2.20. The van der Waals surface area contributed by atoms with E-state index in [-0.39, 0.29) is 29.7 Å². The second kappa shape index (κ2) is 12.0. The number of hydrogen-bond donors (Lipinski definition) is 2. The number of carbonyl (C=O) groups excluding carboxylic acids is 2. The van der Waals surface area contributed by atoms with Crippen LogP contribution in [0.2, 0.25) is 0 Å². The third kappa shape index (κ3) is 7.66. The van der Waals surface area contributed by atoms with Crippen molar-refractivity contribution in [3.05, 3.63) is 71.8 Å². The molecule has 166 valence electrons. The van der Waals surface area contributed by atoms with E-state index in [0.29, 0.717) is 25.2 Å². The number of hydrogen-bond acceptors (Lipinski definition) is 4. The minimum atomic E-state index is -3.50. The van der Waals surface area contributed by atoms with Gasteiger partial charge in [0.1, 0.15) is 0 Å². The van der Waals surface area contributed by atoms with Crippen molar-refractivity contribution in [1.82, 2.24) is 14.9 Å². The summed E-state index contributed by atoms with van der Waals surface area (Å²) in [5.41, 5.74) is 1.72. The number of nitrogens with one attached hydrogen (secondary N) is 2. The molecule has 0 fully saturated rings. The predicted octanol–water partition coefficient (Wildman–Crippen LogP) is 2.55. The van der Waals surface area contributed by atoms with Crippen molar-refractivity contribution in [2.45, 2.75) is 31.7 Å². The van der Waals surface area contributed by atoms with Gasteiger partial charge in [0.25, 0.3) is 0 Å². The van der Waals surface area contributed by atoms with E-state index in [1.807, 2.05) is 30.3 Å². The van der Waals surface area contributed by atoms with Crippen molar-refractivity contribution < 1.29 is 18.0 Å². The molecule has 2 aromatic carbocycles. The molecule has 2 amide bonds. The SMILES string of the molecule is CCN(CC)S(=O)(=O)c1ccc(/C=C/C(=O)NCCC(=O)NCc2ccccc2)cc1. The highest BCUT2D eigenvalue weighted by atomic mass is 32.2. The van der Waals surface area contributed by atoms with Crippen LogP contribution in [-0.4, -0.2) is 44.2 Å². The summed E-state index contributed by atoms with van der Waals surface area (Å²) >= 11 is 0. The first-order valence-corrected chi connectivity index (χ1v) is 11.7. The maximum absolute atomic E-state index is 12.5. The molecule has 0 saturated heterocycles. The van der Waals surface area contributed by atoms with E-state index < -0.39 is 10.0 Å². The number of benzene rings is 2. The van der Waals surface area contributed by atoms with Crippen molar-refractivity contribution in [2.75, 3.05) is 19.6 Å². The Bertz CT molecular complexity index is 983. The Balaban J connectivity index is 1.78. The fourth-order valence-corrected chi connectivity index (χ4v) is 4.34. The molecule has 0 saturated carbocycles. The molecule has 0 aliphatic rings. The quantitative estimate of drug-likeness (QED) is 0.522. The molecule has 0 aromatic heterocycles. The Morgan fingerprint density at radius 1 is 0.935 bits per heavy atom. The van der Waals surface area contributed by atoms with Gasteiger partial charge in [-0.05, 0) is 29.3 Å². The molecule has 0 atom stereocenters. The van der Waals surface area contributed by atoms with Gasteiger partial charge in [0.05, 0.1) is 4.90 Å². The maximum Gasteiger partial charge on any atom is 0.244 e. The van der Waals surface area contributed by atoms with Crippen molar-refractivity contribution in [3.8, 4) is 0 Å². The van der Waals surface area contributed by atoms with Crippen LogP contribution in [0.1, 0.15) is 31.4 Å². The normalized spacial score (nSPS) is 11.6. The van der Waals surface area contributed by atoms with Gasteiger partial charge < -0.3 is 10.6 Å². The van der Waals surface area contributed by atoms with Gasteiger partial charge in [0.15, 0.2) is 0 Å². The lowest BCUT2D eigenvalue weighted by Crippen LogP contribution is -2.30. The number of amides is 2.